The van der Waals surface area contributed by atoms with Crippen molar-refractivity contribution in [2.45, 2.75) is 0 Å². The zero-order valence-corrected chi connectivity index (χ0v) is 12.3. The molecule has 3 aromatic rings. The summed E-state index contributed by atoms with van der Waals surface area (Å²) in [5.41, 5.74) is 5.36. The molecule has 0 fully saturated rings. The molecular weight excluding hydrogens is 280 g/mol. The summed E-state index contributed by atoms with van der Waals surface area (Å²) in [5.74, 6) is 1.41. The van der Waals surface area contributed by atoms with Gasteiger partial charge in [0.15, 0.2) is 0 Å². The maximum Gasteiger partial charge on any atom is 0.224 e. The monoisotopic (exact) mass is 296 g/mol. The van der Waals surface area contributed by atoms with E-state index in [1.54, 1.807) is 25.3 Å². The largest absolute Gasteiger partial charge is 0.507 e. The van der Waals surface area contributed by atoms with E-state index >= 15 is 0 Å². The van der Waals surface area contributed by atoms with Crippen LogP contribution in [0.4, 0.5) is 5.95 Å². The number of benzene rings is 2. The van der Waals surface area contributed by atoms with Gasteiger partial charge in [0.05, 0.1) is 24.4 Å². The van der Waals surface area contributed by atoms with Gasteiger partial charge < -0.3 is 14.4 Å². The predicted octanol–water partition coefficient (Wildman–Crippen LogP) is 2.73. The molecule has 112 valence electrons. The Hall–Kier alpha value is -3.02. The van der Waals surface area contributed by atoms with Crippen molar-refractivity contribution in [2.75, 3.05) is 12.5 Å². The fourth-order valence-electron chi connectivity index (χ4n) is 2.17. The number of aryl methyl sites for hydroxylation is 1. The van der Waals surface area contributed by atoms with Crippen LogP contribution < -0.4 is 10.2 Å². The van der Waals surface area contributed by atoms with Crippen LogP contribution in [0.3, 0.4) is 0 Å². The second-order valence-corrected chi connectivity index (χ2v) is 4.78. The highest BCUT2D eigenvalue weighted by atomic mass is 16.5. The van der Waals surface area contributed by atoms with Crippen molar-refractivity contribution in [1.29, 1.82) is 0 Å². The summed E-state index contributed by atoms with van der Waals surface area (Å²) in [6, 6.07) is 12.8. The molecule has 0 bridgehead atoms. The Kier molecular flexibility index (Phi) is 3.65. The summed E-state index contributed by atoms with van der Waals surface area (Å²) in [4.78, 5) is 4.45. The molecule has 2 N–H and O–H groups in total. The summed E-state index contributed by atoms with van der Waals surface area (Å²) in [6.45, 7) is 0. The Morgan fingerprint density at radius 1 is 1.27 bits per heavy atom. The Labute approximate surface area is 127 Å². The number of para-hydroxylation sites is 2. The Morgan fingerprint density at radius 3 is 2.86 bits per heavy atom. The van der Waals surface area contributed by atoms with Gasteiger partial charge in [-0.2, -0.15) is 5.10 Å². The zero-order valence-electron chi connectivity index (χ0n) is 12.3. The fourth-order valence-corrected chi connectivity index (χ4v) is 2.17. The van der Waals surface area contributed by atoms with Crippen molar-refractivity contribution in [2.24, 2.45) is 12.1 Å². The van der Waals surface area contributed by atoms with Gasteiger partial charge in [-0.15, -0.1) is 0 Å². The second kappa shape index (κ2) is 5.77. The van der Waals surface area contributed by atoms with Crippen LogP contribution in [-0.2, 0) is 7.05 Å². The number of hydrazone groups is 1. The van der Waals surface area contributed by atoms with Crippen molar-refractivity contribution in [1.82, 2.24) is 9.55 Å². The van der Waals surface area contributed by atoms with Crippen LogP contribution in [0.5, 0.6) is 11.5 Å². The van der Waals surface area contributed by atoms with Gasteiger partial charge >= 0.3 is 0 Å². The summed E-state index contributed by atoms with van der Waals surface area (Å²) in [7, 11) is 3.49. The molecule has 6 heteroatoms. The number of ether oxygens (including phenoxy) is 1. The number of imidazole rings is 1. The van der Waals surface area contributed by atoms with Gasteiger partial charge in [-0.25, -0.2) is 10.4 Å². The lowest BCUT2D eigenvalue weighted by Crippen LogP contribution is -1.99. The van der Waals surface area contributed by atoms with Crippen molar-refractivity contribution < 1.29 is 9.84 Å². The van der Waals surface area contributed by atoms with Gasteiger partial charge in [0, 0.05) is 12.6 Å². The number of rotatable bonds is 4. The molecule has 1 heterocycles. The molecule has 22 heavy (non-hydrogen) atoms. The minimum atomic E-state index is 0.136. The number of hydrogen-bond acceptors (Lipinski definition) is 5. The normalized spacial score (nSPS) is 11.2. The van der Waals surface area contributed by atoms with Gasteiger partial charge in [0.1, 0.15) is 11.5 Å². The molecule has 0 spiro atoms. The maximum absolute atomic E-state index is 9.80. The Bertz CT molecular complexity index is 839. The van der Waals surface area contributed by atoms with Gasteiger partial charge in [0.2, 0.25) is 5.95 Å². The van der Waals surface area contributed by atoms with Crippen molar-refractivity contribution in [3.05, 3.63) is 48.0 Å². The number of nitrogens with zero attached hydrogens (tertiary/aromatic N) is 3. The van der Waals surface area contributed by atoms with Crippen LogP contribution in [0, 0.1) is 0 Å². The lowest BCUT2D eigenvalue weighted by atomic mass is 10.2. The molecule has 1 aromatic heterocycles. The first kappa shape index (κ1) is 13.9. The third-order valence-electron chi connectivity index (χ3n) is 3.39. The van der Waals surface area contributed by atoms with E-state index in [4.69, 9.17) is 4.74 Å². The first-order chi connectivity index (χ1) is 10.7. The molecule has 3 rings (SSSR count). The zero-order chi connectivity index (χ0) is 15.5. The summed E-state index contributed by atoms with van der Waals surface area (Å²) in [5, 5.41) is 13.9. The van der Waals surface area contributed by atoms with Crippen molar-refractivity contribution in [3.63, 3.8) is 0 Å². The van der Waals surface area contributed by atoms with E-state index in [0.717, 1.165) is 11.0 Å². The standard InChI is InChI=1S/C16H16N4O2/c1-20-14-6-4-3-5-13(14)18-16(20)19-17-10-11-9-12(22-2)7-8-15(11)21/h3-10,21H,1-2H3,(H,18,19)/b17-10-. The lowest BCUT2D eigenvalue weighted by molar-refractivity contribution is 0.412. The number of fused-ring (bicyclic) bond motifs is 1. The molecule has 0 aliphatic rings. The number of aromatic hydroxyl groups is 1. The molecule has 0 unspecified atom stereocenters. The number of hydrogen-bond donors (Lipinski definition) is 2. The fraction of sp³-hybridized carbons (Fsp3) is 0.125. The van der Waals surface area contributed by atoms with Gasteiger partial charge in [-0.1, -0.05) is 12.1 Å². The predicted molar refractivity (Wildman–Crippen MR) is 86.6 cm³/mol. The second-order valence-electron chi connectivity index (χ2n) is 4.78. The highest BCUT2D eigenvalue weighted by molar-refractivity contribution is 5.85. The minimum Gasteiger partial charge on any atom is -0.507 e. The minimum absolute atomic E-state index is 0.136. The maximum atomic E-state index is 9.80. The SMILES string of the molecule is COc1ccc(O)c(/C=N\Nc2nc3ccccc3n2C)c1. The van der Waals surface area contributed by atoms with E-state index in [1.165, 1.54) is 6.21 Å². The van der Waals surface area contributed by atoms with Crippen LogP contribution in [0.1, 0.15) is 5.56 Å². The van der Waals surface area contributed by atoms with Gasteiger partial charge in [0.25, 0.3) is 0 Å². The average molecular weight is 296 g/mol. The topological polar surface area (TPSA) is 71.7 Å². The smallest absolute Gasteiger partial charge is 0.224 e. The van der Waals surface area contributed by atoms with Crippen LogP contribution >= 0.6 is 0 Å². The summed E-state index contributed by atoms with van der Waals surface area (Å²) in [6.07, 6.45) is 1.52. The van der Waals surface area contributed by atoms with E-state index < -0.39 is 0 Å². The number of nitrogens with one attached hydrogen (secondary N) is 1. The highest BCUT2D eigenvalue weighted by Gasteiger charge is 2.05. The Balaban J connectivity index is 1.83. The first-order valence-corrected chi connectivity index (χ1v) is 6.76. The molecule has 0 radical (unpaired) electrons. The summed E-state index contributed by atoms with van der Waals surface area (Å²) >= 11 is 0. The first-order valence-electron chi connectivity index (χ1n) is 6.76. The third kappa shape index (κ3) is 2.58. The van der Waals surface area contributed by atoms with E-state index in [0.29, 0.717) is 17.3 Å². The molecule has 0 saturated carbocycles. The van der Waals surface area contributed by atoms with Gasteiger partial charge in [-0.3, -0.25) is 0 Å². The van der Waals surface area contributed by atoms with Crippen LogP contribution in [0.2, 0.25) is 0 Å². The summed E-state index contributed by atoms with van der Waals surface area (Å²) < 4.78 is 7.04. The van der Waals surface area contributed by atoms with E-state index in [-0.39, 0.29) is 5.75 Å². The number of phenols is 1. The Morgan fingerprint density at radius 2 is 2.09 bits per heavy atom. The average Bonchev–Trinajstić information content (AvgIpc) is 2.86. The van der Waals surface area contributed by atoms with E-state index in [2.05, 4.69) is 15.5 Å². The quantitative estimate of drug-likeness (QED) is 0.573. The molecule has 0 amide bonds. The van der Waals surface area contributed by atoms with Crippen LogP contribution in [-0.4, -0.2) is 28.0 Å². The molecular formula is C16H16N4O2. The number of anilines is 1. The lowest BCUT2D eigenvalue weighted by Gasteiger charge is -2.03. The van der Waals surface area contributed by atoms with Crippen molar-refractivity contribution >= 4 is 23.2 Å². The highest BCUT2D eigenvalue weighted by Crippen LogP contribution is 2.21. The number of aromatic nitrogens is 2. The molecule has 0 atom stereocenters. The number of methoxy groups -OCH3 is 1. The van der Waals surface area contributed by atoms with Crippen molar-refractivity contribution in [3.8, 4) is 11.5 Å². The van der Waals surface area contributed by atoms with E-state index in [1.807, 2.05) is 35.9 Å². The molecule has 0 aliphatic heterocycles. The third-order valence-corrected chi connectivity index (χ3v) is 3.39. The molecule has 0 aliphatic carbocycles. The number of phenolic OH excluding ortho intramolecular Hbond substituents is 1. The van der Waals surface area contributed by atoms with Gasteiger partial charge in [-0.05, 0) is 30.3 Å². The van der Waals surface area contributed by atoms with Crippen LogP contribution in [0.25, 0.3) is 11.0 Å². The van der Waals surface area contributed by atoms with E-state index in [9.17, 15) is 5.11 Å². The molecule has 0 saturated heterocycles. The molecule has 2 aromatic carbocycles. The molecule has 6 nitrogen and oxygen atoms in total. The van der Waals surface area contributed by atoms with Crippen LogP contribution in [0.15, 0.2) is 47.6 Å².